The average molecular weight is 371 g/mol. The minimum Gasteiger partial charge on any atom is -0.336 e. The molecular formula is C16H26N4O2S2. The van der Waals surface area contributed by atoms with Crippen molar-refractivity contribution in [2.75, 3.05) is 52.4 Å². The molecule has 0 spiro atoms. The van der Waals surface area contributed by atoms with Gasteiger partial charge in [0.25, 0.3) is 0 Å². The van der Waals surface area contributed by atoms with Crippen LogP contribution in [0.1, 0.15) is 13.8 Å². The maximum absolute atomic E-state index is 11.9. The monoisotopic (exact) mass is 370 g/mol. The summed E-state index contributed by atoms with van der Waals surface area (Å²) in [7, 11) is 3.47. The molecule has 0 aromatic heterocycles. The Bertz CT molecular complexity index is 464. The van der Waals surface area contributed by atoms with E-state index in [1.807, 2.05) is 9.80 Å². The fourth-order valence-corrected chi connectivity index (χ4v) is 4.84. The standard InChI is InChI=1S/C16H26N4O2S2/c1-13(2)15(21)17-5-9-19(10-6-17)23-24-20-11-7-18(8-12-20)16(22)14(3)4/h1,3,5-12H2,2,4H3. The Morgan fingerprint density at radius 1 is 0.667 bits per heavy atom. The number of carbonyl (C=O) groups excluding carboxylic acids is 2. The molecule has 134 valence electrons. The Morgan fingerprint density at radius 3 is 1.21 bits per heavy atom. The summed E-state index contributed by atoms with van der Waals surface area (Å²) in [4.78, 5) is 27.5. The van der Waals surface area contributed by atoms with Gasteiger partial charge < -0.3 is 9.80 Å². The Hall–Kier alpha value is -0.960. The van der Waals surface area contributed by atoms with Crippen LogP contribution in [0.3, 0.4) is 0 Å². The van der Waals surface area contributed by atoms with E-state index in [4.69, 9.17) is 0 Å². The number of nitrogens with zero attached hydrogens (tertiary/aromatic N) is 4. The first-order valence-corrected chi connectivity index (χ1v) is 10.2. The summed E-state index contributed by atoms with van der Waals surface area (Å²) in [5.74, 6) is 0.121. The maximum Gasteiger partial charge on any atom is 0.248 e. The van der Waals surface area contributed by atoms with E-state index in [2.05, 4.69) is 21.8 Å². The molecule has 0 saturated carbocycles. The molecule has 24 heavy (non-hydrogen) atoms. The molecule has 0 aliphatic carbocycles. The first kappa shape index (κ1) is 19.4. The number of piperazine rings is 2. The molecule has 0 N–H and O–H groups in total. The van der Waals surface area contributed by atoms with Crippen molar-refractivity contribution in [3.05, 3.63) is 24.3 Å². The van der Waals surface area contributed by atoms with Crippen LogP contribution in [0.5, 0.6) is 0 Å². The molecule has 2 heterocycles. The predicted octanol–water partition coefficient (Wildman–Crippen LogP) is 1.64. The molecule has 0 bridgehead atoms. The molecule has 8 heteroatoms. The number of rotatable bonds is 5. The molecular weight excluding hydrogens is 344 g/mol. The summed E-state index contributed by atoms with van der Waals surface area (Å²) < 4.78 is 4.58. The van der Waals surface area contributed by atoms with Gasteiger partial charge in [0.05, 0.1) is 0 Å². The fourth-order valence-electron chi connectivity index (χ4n) is 2.57. The van der Waals surface area contributed by atoms with Gasteiger partial charge in [0.2, 0.25) is 11.8 Å². The summed E-state index contributed by atoms with van der Waals surface area (Å²) in [6.45, 7) is 17.4. The van der Waals surface area contributed by atoms with Gasteiger partial charge in [-0.05, 0) is 13.8 Å². The zero-order valence-electron chi connectivity index (χ0n) is 14.5. The second-order valence-electron chi connectivity index (χ2n) is 6.15. The van der Waals surface area contributed by atoms with E-state index in [0.717, 1.165) is 52.4 Å². The first-order valence-electron chi connectivity index (χ1n) is 8.12. The molecule has 2 aliphatic heterocycles. The lowest BCUT2D eigenvalue weighted by Crippen LogP contribution is -2.47. The molecule has 6 nitrogen and oxygen atoms in total. The molecule has 2 amide bonds. The Balaban J connectivity index is 1.65. The van der Waals surface area contributed by atoms with Crippen molar-refractivity contribution < 1.29 is 9.59 Å². The van der Waals surface area contributed by atoms with E-state index in [1.165, 1.54) is 0 Å². The van der Waals surface area contributed by atoms with Crippen molar-refractivity contribution in [2.24, 2.45) is 0 Å². The molecule has 0 atom stereocenters. The van der Waals surface area contributed by atoms with Gasteiger partial charge in [0.1, 0.15) is 0 Å². The predicted molar refractivity (Wildman–Crippen MR) is 101 cm³/mol. The van der Waals surface area contributed by atoms with Gasteiger partial charge in [0.15, 0.2) is 0 Å². The SMILES string of the molecule is C=C(C)C(=O)N1CCN(SSN2CCN(C(=O)C(=C)C)CC2)CC1. The van der Waals surface area contributed by atoms with Gasteiger partial charge in [-0.15, -0.1) is 0 Å². The normalized spacial score (nSPS) is 20.1. The minimum atomic E-state index is 0.0607. The molecule has 0 aromatic rings. The summed E-state index contributed by atoms with van der Waals surface area (Å²) in [6.07, 6.45) is 0. The number of amides is 2. The molecule has 2 saturated heterocycles. The molecule has 0 unspecified atom stereocenters. The van der Waals surface area contributed by atoms with Gasteiger partial charge in [-0.1, -0.05) is 13.2 Å². The van der Waals surface area contributed by atoms with E-state index in [0.29, 0.717) is 11.1 Å². The number of hydrogen-bond acceptors (Lipinski definition) is 6. The van der Waals surface area contributed by atoms with Crippen molar-refractivity contribution in [2.45, 2.75) is 13.8 Å². The number of hydrogen-bond donors (Lipinski definition) is 0. The van der Waals surface area contributed by atoms with E-state index in [1.54, 1.807) is 35.8 Å². The average Bonchev–Trinajstić information content (AvgIpc) is 2.59. The lowest BCUT2D eigenvalue weighted by atomic mass is 10.2. The Kier molecular flexibility index (Phi) is 7.21. The third-order valence-corrected chi connectivity index (χ3v) is 6.71. The van der Waals surface area contributed by atoms with Crippen LogP contribution in [0.25, 0.3) is 0 Å². The highest BCUT2D eigenvalue weighted by atomic mass is 33.1. The van der Waals surface area contributed by atoms with Crippen LogP contribution in [0.15, 0.2) is 24.3 Å². The Labute approximate surface area is 152 Å². The quantitative estimate of drug-likeness (QED) is 0.417. The van der Waals surface area contributed by atoms with Crippen LogP contribution < -0.4 is 0 Å². The summed E-state index contributed by atoms with van der Waals surface area (Å²) in [5, 5.41) is 0. The van der Waals surface area contributed by atoms with E-state index in [9.17, 15) is 9.59 Å². The summed E-state index contributed by atoms with van der Waals surface area (Å²) >= 11 is 0. The Morgan fingerprint density at radius 2 is 0.958 bits per heavy atom. The third-order valence-electron chi connectivity index (χ3n) is 4.03. The van der Waals surface area contributed by atoms with Crippen molar-refractivity contribution in [3.63, 3.8) is 0 Å². The van der Waals surface area contributed by atoms with Crippen LogP contribution in [-0.4, -0.2) is 82.6 Å². The molecule has 2 fully saturated rings. The third kappa shape index (κ3) is 5.27. The smallest absolute Gasteiger partial charge is 0.248 e. The molecule has 0 radical (unpaired) electrons. The highest BCUT2D eigenvalue weighted by Crippen LogP contribution is 2.31. The summed E-state index contributed by atoms with van der Waals surface area (Å²) in [6, 6.07) is 0. The minimum absolute atomic E-state index is 0.0607. The second kappa shape index (κ2) is 8.94. The van der Waals surface area contributed by atoms with Gasteiger partial charge >= 0.3 is 0 Å². The van der Waals surface area contributed by atoms with Crippen molar-refractivity contribution >= 4 is 33.8 Å². The van der Waals surface area contributed by atoms with Gasteiger partial charge in [-0.25, -0.2) is 8.61 Å². The van der Waals surface area contributed by atoms with Crippen molar-refractivity contribution in [1.29, 1.82) is 0 Å². The van der Waals surface area contributed by atoms with E-state index >= 15 is 0 Å². The molecule has 2 aliphatic rings. The molecule has 2 rings (SSSR count). The van der Waals surface area contributed by atoms with Gasteiger partial charge in [-0.2, -0.15) is 0 Å². The zero-order valence-corrected chi connectivity index (χ0v) is 16.1. The first-order chi connectivity index (χ1) is 11.4. The summed E-state index contributed by atoms with van der Waals surface area (Å²) in [5.41, 5.74) is 1.21. The topological polar surface area (TPSA) is 47.1 Å². The van der Waals surface area contributed by atoms with Crippen LogP contribution in [0.4, 0.5) is 0 Å². The number of carbonyl (C=O) groups is 2. The fraction of sp³-hybridized carbons (Fsp3) is 0.625. The van der Waals surface area contributed by atoms with E-state index < -0.39 is 0 Å². The zero-order chi connectivity index (χ0) is 17.7. The van der Waals surface area contributed by atoms with Gasteiger partial charge in [-0.3, -0.25) is 9.59 Å². The second-order valence-corrected chi connectivity index (χ2v) is 8.38. The van der Waals surface area contributed by atoms with Crippen LogP contribution >= 0.6 is 22.0 Å². The van der Waals surface area contributed by atoms with Crippen molar-refractivity contribution in [3.8, 4) is 0 Å². The van der Waals surface area contributed by atoms with Crippen LogP contribution in [0.2, 0.25) is 0 Å². The largest absolute Gasteiger partial charge is 0.336 e. The van der Waals surface area contributed by atoms with Crippen molar-refractivity contribution in [1.82, 2.24) is 18.4 Å². The lowest BCUT2D eigenvalue weighted by Gasteiger charge is -2.36. The highest BCUT2D eigenvalue weighted by Gasteiger charge is 2.25. The molecule has 0 aromatic carbocycles. The van der Waals surface area contributed by atoms with Gasteiger partial charge in [0, 0.05) is 85.5 Å². The van der Waals surface area contributed by atoms with E-state index in [-0.39, 0.29) is 11.8 Å². The van der Waals surface area contributed by atoms with Crippen LogP contribution in [0, 0.1) is 0 Å². The maximum atomic E-state index is 11.9. The van der Waals surface area contributed by atoms with Crippen LogP contribution in [-0.2, 0) is 9.59 Å². The highest BCUT2D eigenvalue weighted by molar-refractivity contribution is 8.74. The lowest BCUT2D eigenvalue weighted by molar-refractivity contribution is -0.128.